The number of carbonyl (C=O) groups excluding carboxylic acids is 1. The first-order valence-corrected chi connectivity index (χ1v) is 10.5. The van der Waals surface area contributed by atoms with E-state index in [0.717, 1.165) is 30.9 Å². The number of ether oxygens (including phenoxy) is 1. The van der Waals surface area contributed by atoms with Crippen LogP contribution in [0.1, 0.15) is 84.5 Å². The van der Waals surface area contributed by atoms with Gasteiger partial charge >= 0.3 is 0 Å². The molecule has 0 atom stereocenters. The topological polar surface area (TPSA) is 41.6 Å². The lowest BCUT2D eigenvalue weighted by molar-refractivity contribution is -0.116. The van der Waals surface area contributed by atoms with Gasteiger partial charge in [0.05, 0.1) is 0 Å². The zero-order valence-electron chi connectivity index (χ0n) is 16.8. The Hall–Kier alpha value is -1.77. The first-order chi connectivity index (χ1) is 12.8. The van der Waals surface area contributed by atoms with Gasteiger partial charge in [-0.2, -0.15) is 0 Å². The summed E-state index contributed by atoms with van der Waals surface area (Å²) in [5.41, 5.74) is 0. The summed E-state index contributed by atoms with van der Waals surface area (Å²) in [7, 11) is 0. The maximum atomic E-state index is 11.3. The minimum absolute atomic E-state index is 0.0445. The molecule has 0 bridgehead atoms. The van der Waals surface area contributed by atoms with Gasteiger partial charge in [-0.05, 0) is 18.9 Å². The number of unbranched alkanes of at least 4 members (excludes halogenated alkanes) is 8. The zero-order valence-corrected chi connectivity index (χ0v) is 16.8. The first kappa shape index (κ1) is 22.3. The standard InChI is InChI=1S/C23H37NO2/c1-3-5-6-7-8-9-10-11-14-17-21-22(26-21)18-15-12-13-16-19-23(25)24-20-4-2/h12-13,15-16,18-19H,3-11,14,17,20H2,1-2H3,(H,24,25)/b13-12+,18-15+,19-16+. The Balaban J connectivity index is 2.01. The van der Waals surface area contributed by atoms with Gasteiger partial charge in [-0.1, -0.05) is 89.5 Å². The van der Waals surface area contributed by atoms with E-state index in [1.807, 2.05) is 31.2 Å². The molecule has 1 N–H and O–H groups in total. The van der Waals surface area contributed by atoms with Gasteiger partial charge in [-0.25, -0.2) is 0 Å². The van der Waals surface area contributed by atoms with Gasteiger partial charge in [0.2, 0.25) is 5.91 Å². The minimum Gasteiger partial charge on any atom is -0.454 e. The van der Waals surface area contributed by atoms with E-state index in [9.17, 15) is 4.79 Å². The van der Waals surface area contributed by atoms with E-state index in [0.29, 0.717) is 0 Å². The molecule has 1 rings (SSSR count). The van der Waals surface area contributed by atoms with Crippen LogP contribution in [0.15, 0.2) is 48.0 Å². The number of allylic oxidation sites excluding steroid dienone is 6. The molecule has 0 aromatic carbocycles. The van der Waals surface area contributed by atoms with E-state index in [-0.39, 0.29) is 5.91 Å². The summed E-state index contributed by atoms with van der Waals surface area (Å²) in [5, 5.41) is 2.80. The molecule has 3 heteroatoms. The molecule has 0 radical (unpaired) electrons. The summed E-state index contributed by atoms with van der Waals surface area (Å²) in [6.07, 6.45) is 25.2. The lowest BCUT2D eigenvalue weighted by Gasteiger charge is -2.00. The van der Waals surface area contributed by atoms with Crippen LogP contribution in [0.2, 0.25) is 0 Å². The van der Waals surface area contributed by atoms with Crippen molar-refractivity contribution in [3.05, 3.63) is 48.0 Å². The van der Waals surface area contributed by atoms with Crippen LogP contribution in [0.25, 0.3) is 0 Å². The molecule has 0 saturated heterocycles. The van der Waals surface area contributed by atoms with Crippen molar-refractivity contribution < 1.29 is 9.53 Å². The fourth-order valence-corrected chi connectivity index (χ4v) is 2.73. The molecule has 146 valence electrons. The van der Waals surface area contributed by atoms with Gasteiger partial charge in [-0.3, -0.25) is 4.79 Å². The van der Waals surface area contributed by atoms with Crippen LogP contribution in [0.3, 0.4) is 0 Å². The van der Waals surface area contributed by atoms with E-state index in [1.54, 1.807) is 12.2 Å². The number of rotatable bonds is 16. The predicted octanol–water partition coefficient (Wildman–Crippen LogP) is 6.34. The first-order valence-electron chi connectivity index (χ1n) is 10.5. The molecule has 1 aliphatic rings. The van der Waals surface area contributed by atoms with Crippen molar-refractivity contribution in [2.75, 3.05) is 6.54 Å². The molecule has 0 aliphatic carbocycles. The van der Waals surface area contributed by atoms with Crippen LogP contribution >= 0.6 is 0 Å². The molecule has 0 saturated carbocycles. The van der Waals surface area contributed by atoms with Crippen molar-refractivity contribution in [3.8, 4) is 0 Å². The molecule has 26 heavy (non-hydrogen) atoms. The summed E-state index contributed by atoms with van der Waals surface area (Å²) >= 11 is 0. The highest BCUT2D eigenvalue weighted by Crippen LogP contribution is 2.32. The van der Waals surface area contributed by atoms with Crippen molar-refractivity contribution in [2.45, 2.75) is 84.5 Å². The normalized spacial score (nSPS) is 13.9. The number of amides is 1. The van der Waals surface area contributed by atoms with Gasteiger partial charge < -0.3 is 10.1 Å². The van der Waals surface area contributed by atoms with Crippen LogP contribution in [-0.2, 0) is 9.53 Å². The van der Waals surface area contributed by atoms with Crippen molar-refractivity contribution in [1.29, 1.82) is 0 Å². The SMILES string of the molecule is CCCCCCCCCCCC1=C(/C=C/C=C/C=C/C(=O)NCCC)O1. The average Bonchev–Trinajstić information content (AvgIpc) is 3.39. The highest BCUT2D eigenvalue weighted by Gasteiger charge is 2.20. The largest absolute Gasteiger partial charge is 0.454 e. The van der Waals surface area contributed by atoms with Crippen LogP contribution < -0.4 is 5.32 Å². The van der Waals surface area contributed by atoms with E-state index < -0.39 is 0 Å². The van der Waals surface area contributed by atoms with Gasteiger partial charge in [0.1, 0.15) is 5.76 Å². The molecule has 1 heterocycles. The van der Waals surface area contributed by atoms with Gasteiger partial charge in [0.15, 0.2) is 5.76 Å². The maximum absolute atomic E-state index is 11.3. The third-order valence-corrected chi connectivity index (χ3v) is 4.35. The van der Waals surface area contributed by atoms with Crippen LogP contribution in [0, 0.1) is 0 Å². The summed E-state index contributed by atoms with van der Waals surface area (Å²) < 4.78 is 5.51. The molecule has 1 amide bonds. The third kappa shape index (κ3) is 12.6. The van der Waals surface area contributed by atoms with E-state index in [2.05, 4.69) is 12.2 Å². The summed E-state index contributed by atoms with van der Waals surface area (Å²) in [4.78, 5) is 11.3. The molecular formula is C23H37NO2. The Morgan fingerprint density at radius 3 is 2.19 bits per heavy atom. The molecule has 0 aromatic rings. The van der Waals surface area contributed by atoms with Crippen molar-refractivity contribution in [1.82, 2.24) is 5.32 Å². The molecular weight excluding hydrogens is 322 g/mol. The second-order valence-corrected chi connectivity index (χ2v) is 6.86. The second-order valence-electron chi connectivity index (χ2n) is 6.86. The Labute approximate surface area is 160 Å². The monoisotopic (exact) mass is 359 g/mol. The Kier molecular flexibility index (Phi) is 13.3. The fraction of sp³-hybridized carbons (Fsp3) is 0.609. The predicted molar refractivity (Wildman–Crippen MR) is 111 cm³/mol. The quantitative estimate of drug-likeness (QED) is 0.198. The van der Waals surface area contributed by atoms with Crippen molar-refractivity contribution in [3.63, 3.8) is 0 Å². The smallest absolute Gasteiger partial charge is 0.243 e. The second kappa shape index (κ2) is 15.5. The number of hydrogen-bond acceptors (Lipinski definition) is 2. The highest BCUT2D eigenvalue weighted by atomic mass is 16.6. The number of carbonyl (C=O) groups is 1. The van der Waals surface area contributed by atoms with Crippen LogP contribution in [0.4, 0.5) is 0 Å². The fourth-order valence-electron chi connectivity index (χ4n) is 2.73. The van der Waals surface area contributed by atoms with Gasteiger partial charge in [0.25, 0.3) is 0 Å². The Bertz CT molecular complexity index is 500. The lowest BCUT2D eigenvalue weighted by Crippen LogP contribution is -2.21. The number of nitrogens with one attached hydrogen (secondary N) is 1. The lowest BCUT2D eigenvalue weighted by atomic mass is 10.1. The highest BCUT2D eigenvalue weighted by molar-refractivity contribution is 5.87. The minimum atomic E-state index is -0.0445. The van der Waals surface area contributed by atoms with E-state index in [1.165, 1.54) is 57.8 Å². The molecule has 0 unspecified atom stereocenters. The molecule has 0 spiro atoms. The van der Waals surface area contributed by atoms with Gasteiger partial charge in [0, 0.05) is 19.0 Å². The average molecular weight is 360 g/mol. The molecule has 3 nitrogen and oxygen atoms in total. The van der Waals surface area contributed by atoms with E-state index in [4.69, 9.17) is 4.74 Å². The summed E-state index contributed by atoms with van der Waals surface area (Å²) in [6, 6.07) is 0. The van der Waals surface area contributed by atoms with Crippen molar-refractivity contribution in [2.24, 2.45) is 0 Å². The summed E-state index contributed by atoms with van der Waals surface area (Å²) in [6.45, 7) is 5.02. The molecule has 0 fully saturated rings. The van der Waals surface area contributed by atoms with Crippen LogP contribution in [-0.4, -0.2) is 12.5 Å². The van der Waals surface area contributed by atoms with Crippen LogP contribution in [0.5, 0.6) is 0 Å². The molecule has 1 aliphatic heterocycles. The summed E-state index contributed by atoms with van der Waals surface area (Å²) in [5.74, 6) is 2.11. The molecule has 0 aromatic heterocycles. The Morgan fingerprint density at radius 1 is 0.846 bits per heavy atom. The van der Waals surface area contributed by atoms with E-state index >= 15 is 0 Å². The third-order valence-electron chi connectivity index (χ3n) is 4.35. The maximum Gasteiger partial charge on any atom is 0.243 e. The van der Waals surface area contributed by atoms with Crippen molar-refractivity contribution >= 4 is 5.91 Å². The zero-order chi connectivity index (χ0) is 18.9. The van der Waals surface area contributed by atoms with Gasteiger partial charge in [-0.15, -0.1) is 0 Å². The Morgan fingerprint density at radius 2 is 1.50 bits per heavy atom. The number of hydrogen-bond donors (Lipinski definition) is 1.